The zero-order chi connectivity index (χ0) is 12.1. The fourth-order valence-corrected chi connectivity index (χ4v) is 1.71. The standard InChI is InChI=1S/C13H14ClN3/c1-2-17(13-15-8-3-9-16-13)10-11-4-6-12(14)7-5-11/h3-9H,2,10H2,1H3. The van der Waals surface area contributed by atoms with Gasteiger partial charge in [-0.15, -0.1) is 0 Å². The Balaban J connectivity index is 2.13. The number of aromatic nitrogens is 2. The summed E-state index contributed by atoms with van der Waals surface area (Å²) in [5, 5.41) is 0.757. The number of anilines is 1. The van der Waals surface area contributed by atoms with Gasteiger partial charge in [-0.2, -0.15) is 0 Å². The maximum atomic E-state index is 5.86. The summed E-state index contributed by atoms with van der Waals surface area (Å²) in [6.07, 6.45) is 3.51. The molecule has 0 amide bonds. The van der Waals surface area contributed by atoms with Gasteiger partial charge >= 0.3 is 0 Å². The Morgan fingerprint density at radius 1 is 1.12 bits per heavy atom. The van der Waals surface area contributed by atoms with Gasteiger partial charge in [-0.3, -0.25) is 0 Å². The quantitative estimate of drug-likeness (QED) is 0.831. The molecule has 0 aliphatic carbocycles. The Hall–Kier alpha value is -1.61. The normalized spacial score (nSPS) is 10.2. The summed E-state index contributed by atoms with van der Waals surface area (Å²) >= 11 is 5.86. The molecule has 0 saturated carbocycles. The first-order valence-electron chi connectivity index (χ1n) is 5.56. The Labute approximate surface area is 106 Å². The van der Waals surface area contributed by atoms with Crippen LogP contribution in [0.15, 0.2) is 42.7 Å². The van der Waals surface area contributed by atoms with E-state index in [-0.39, 0.29) is 0 Å². The molecule has 0 saturated heterocycles. The third kappa shape index (κ3) is 3.17. The van der Waals surface area contributed by atoms with Gasteiger partial charge in [-0.25, -0.2) is 9.97 Å². The lowest BCUT2D eigenvalue weighted by Crippen LogP contribution is -2.23. The van der Waals surface area contributed by atoms with Crippen molar-refractivity contribution in [1.82, 2.24) is 9.97 Å². The zero-order valence-corrected chi connectivity index (χ0v) is 10.4. The van der Waals surface area contributed by atoms with Crippen LogP contribution in [0, 0.1) is 0 Å². The summed E-state index contributed by atoms with van der Waals surface area (Å²) in [7, 11) is 0. The molecule has 0 spiro atoms. The minimum Gasteiger partial charge on any atom is -0.337 e. The summed E-state index contributed by atoms with van der Waals surface area (Å²) in [6.45, 7) is 3.75. The van der Waals surface area contributed by atoms with E-state index in [2.05, 4.69) is 21.8 Å². The molecular weight excluding hydrogens is 234 g/mol. The molecule has 3 nitrogen and oxygen atoms in total. The Kier molecular flexibility index (Phi) is 3.94. The molecule has 1 aromatic carbocycles. The fraction of sp³-hybridized carbons (Fsp3) is 0.231. The van der Waals surface area contributed by atoms with Crippen molar-refractivity contribution in [2.45, 2.75) is 13.5 Å². The van der Waals surface area contributed by atoms with Crippen LogP contribution >= 0.6 is 11.6 Å². The number of hydrogen-bond acceptors (Lipinski definition) is 3. The van der Waals surface area contributed by atoms with Crippen molar-refractivity contribution in [3.63, 3.8) is 0 Å². The monoisotopic (exact) mass is 247 g/mol. The van der Waals surface area contributed by atoms with Crippen molar-refractivity contribution in [2.75, 3.05) is 11.4 Å². The van der Waals surface area contributed by atoms with Gasteiger partial charge in [-0.1, -0.05) is 23.7 Å². The number of halogens is 1. The highest BCUT2D eigenvalue weighted by Crippen LogP contribution is 2.14. The number of nitrogens with zero attached hydrogens (tertiary/aromatic N) is 3. The third-order valence-corrected chi connectivity index (χ3v) is 2.76. The van der Waals surface area contributed by atoms with Crippen molar-refractivity contribution in [1.29, 1.82) is 0 Å². The topological polar surface area (TPSA) is 29.0 Å². The molecule has 0 aliphatic rings. The number of rotatable bonds is 4. The second-order valence-electron chi connectivity index (χ2n) is 3.69. The summed E-state index contributed by atoms with van der Waals surface area (Å²) in [4.78, 5) is 10.6. The molecule has 0 fully saturated rings. The highest BCUT2D eigenvalue weighted by atomic mass is 35.5. The molecule has 0 radical (unpaired) electrons. The van der Waals surface area contributed by atoms with E-state index in [1.54, 1.807) is 12.4 Å². The molecule has 0 aliphatic heterocycles. The molecule has 2 rings (SSSR count). The average molecular weight is 248 g/mol. The van der Waals surface area contributed by atoms with E-state index in [9.17, 15) is 0 Å². The Morgan fingerprint density at radius 3 is 2.35 bits per heavy atom. The summed E-state index contributed by atoms with van der Waals surface area (Å²) < 4.78 is 0. The van der Waals surface area contributed by atoms with Crippen LogP contribution in [0.1, 0.15) is 12.5 Å². The van der Waals surface area contributed by atoms with Crippen molar-refractivity contribution in [2.24, 2.45) is 0 Å². The van der Waals surface area contributed by atoms with Crippen LogP contribution in [0.5, 0.6) is 0 Å². The van der Waals surface area contributed by atoms with E-state index in [4.69, 9.17) is 11.6 Å². The maximum absolute atomic E-state index is 5.86. The average Bonchev–Trinajstić information content (AvgIpc) is 2.39. The minimum absolute atomic E-state index is 0.755. The molecule has 17 heavy (non-hydrogen) atoms. The molecule has 4 heteroatoms. The van der Waals surface area contributed by atoms with Crippen LogP contribution in [0.2, 0.25) is 5.02 Å². The first-order valence-corrected chi connectivity index (χ1v) is 5.94. The van der Waals surface area contributed by atoms with E-state index in [0.717, 1.165) is 24.1 Å². The Bertz CT molecular complexity index is 456. The van der Waals surface area contributed by atoms with Crippen LogP contribution in [0.3, 0.4) is 0 Å². The van der Waals surface area contributed by atoms with Gasteiger partial charge in [0.15, 0.2) is 0 Å². The first kappa shape index (κ1) is 11.9. The van der Waals surface area contributed by atoms with Crippen molar-refractivity contribution in [3.8, 4) is 0 Å². The number of benzene rings is 1. The van der Waals surface area contributed by atoms with Crippen LogP contribution in [-0.2, 0) is 6.54 Å². The van der Waals surface area contributed by atoms with E-state index in [0.29, 0.717) is 0 Å². The van der Waals surface area contributed by atoms with E-state index < -0.39 is 0 Å². The summed E-state index contributed by atoms with van der Waals surface area (Å²) in [5.41, 5.74) is 1.20. The molecule has 0 unspecified atom stereocenters. The van der Waals surface area contributed by atoms with Gasteiger partial charge in [0.1, 0.15) is 0 Å². The molecule has 0 bridgehead atoms. The van der Waals surface area contributed by atoms with E-state index in [1.807, 2.05) is 30.3 Å². The van der Waals surface area contributed by atoms with Gasteiger partial charge in [0.25, 0.3) is 0 Å². The molecule has 0 N–H and O–H groups in total. The zero-order valence-electron chi connectivity index (χ0n) is 9.68. The van der Waals surface area contributed by atoms with Crippen LogP contribution in [-0.4, -0.2) is 16.5 Å². The van der Waals surface area contributed by atoms with Crippen LogP contribution in [0.4, 0.5) is 5.95 Å². The third-order valence-electron chi connectivity index (χ3n) is 2.50. The first-order chi connectivity index (χ1) is 8.29. The Morgan fingerprint density at radius 2 is 1.76 bits per heavy atom. The van der Waals surface area contributed by atoms with Crippen LogP contribution in [0.25, 0.3) is 0 Å². The van der Waals surface area contributed by atoms with E-state index >= 15 is 0 Å². The fourth-order valence-electron chi connectivity index (χ4n) is 1.59. The molecule has 2 aromatic rings. The second-order valence-corrected chi connectivity index (χ2v) is 4.13. The van der Waals surface area contributed by atoms with Gasteiger partial charge in [0.05, 0.1) is 0 Å². The predicted molar refractivity (Wildman–Crippen MR) is 70.2 cm³/mol. The molecular formula is C13H14ClN3. The molecule has 88 valence electrons. The van der Waals surface area contributed by atoms with Gasteiger partial charge in [-0.05, 0) is 30.7 Å². The highest BCUT2D eigenvalue weighted by molar-refractivity contribution is 6.30. The largest absolute Gasteiger partial charge is 0.337 e. The van der Waals surface area contributed by atoms with E-state index in [1.165, 1.54) is 5.56 Å². The molecule has 1 heterocycles. The predicted octanol–water partition coefficient (Wildman–Crippen LogP) is 3.16. The van der Waals surface area contributed by atoms with Crippen molar-refractivity contribution in [3.05, 3.63) is 53.3 Å². The second kappa shape index (κ2) is 5.64. The summed E-state index contributed by atoms with van der Waals surface area (Å²) in [6, 6.07) is 9.66. The SMILES string of the molecule is CCN(Cc1ccc(Cl)cc1)c1ncccn1. The van der Waals surface area contributed by atoms with Crippen LogP contribution < -0.4 is 4.90 Å². The lowest BCUT2D eigenvalue weighted by molar-refractivity contribution is 0.791. The van der Waals surface area contributed by atoms with Crippen molar-refractivity contribution >= 4 is 17.5 Å². The van der Waals surface area contributed by atoms with Gasteiger partial charge < -0.3 is 4.90 Å². The maximum Gasteiger partial charge on any atom is 0.225 e. The number of hydrogen-bond donors (Lipinski definition) is 0. The summed E-state index contributed by atoms with van der Waals surface area (Å²) in [5.74, 6) is 0.755. The lowest BCUT2D eigenvalue weighted by Gasteiger charge is -2.20. The van der Waals surface area contributed by atoms with Gasteiger partial charge in [0.2, 0.25) is 5.95 Å². The minimum atomic E-state index is 0.755. The highest BCUT2D eigenvalue weighted by Gasteiger charge is 2.06. The lowest BCUT2D eigenvalue weighted by atomic mass is 10.2. The van der Waals surface area contributed by atoms with Gasteiger partial charge in [0, 0.05) is 30.5 Å². The van der Waals surface area contributed by atoms with Crippen molar-refractivity contribution < 1.29 is 0 Å². The smallest absolute Gasteiger partial charge is 0.225 e. The molecule has 0 atom stereocenters. The molecule has 1 aromatic heterocycles.